The Hall–Kier alpha value is -3.30. The van der Waals surface area contributed by atoms with Crippen molar-refractivity contribution in [1.29, 1.82) is 0 Å². The summed E-state index contributed by atoms with van der Waals surface area (Å²) in [5, 5.41) is 12.2. The van der Waals surface area contributed by atoms with Crippen LogP contribution in [-0.4, -0.2) is 41.5 Å². The molecule has 0 amide bonds. The zero-order valence-electron chi connectivity index (χ0n) is 16.8. The molecule has 3 aromatic rings. The molecular weight excluding hydrogens is 418 g/mol. The molecule has 0 aliphatic carbocycles. The molecule has 1 N–H and O–H groups in total. The maximum atomic E-state index is 13.2. The lowest BCUT2D eigenvalue weighted by molar-refractivity contribution is -0.387. The second-order valence-electron chi connectivity index (χ2n) is 7.40. The van der Waals surface area contributed by atoms with Crippen LogP contribution in [-0.2, 0) is 10.0 Å². The van der Waals surface area contributed by atoms with Crippen LogP contribution in [0.25, 0.3) is 10.9 Å². The number of para-hydroxylation sites is 2. The van der Waals surface area contributed by atoms with Crippen LogP contribution in [0.2, 0.25) is 0 Å². The van der Waals surface area contributed by atoms with Gasteiger partial charge in [-0.15, -0.1) is 0 Å². The van der Waals surface area contributed by atoms with E-state index in [9.17, 15) is 23.3 Å². The highest BCUT2D eigenvalue weighted by Crippen LogP contribution is 2.33. The average Bonchev–Trinajstić information content (AvgIpc) is 3.22. The zero-order valence-corrected chi connectivity index (χ0v) is 17.6. The number of ketones is 1. The highest BCUT2D eigenvalue weighted by atomic mass is 32.2. The number of aromatic amines is 1. The van der Waals surface area contributed by atoms with Crippen LogP contribution in [0.5, 0.6) is 0 Å². The fourth-order valence-electron chi connectivity index (χ4n) is 4.01. The van der Waals surface area contributed by atoms with Gasteiger partial charge in [0.15, 0.2) is 10.7 Å². The van der Waals surface area contributed by atoms with Gasteiger partial charge in [0.25, 0.3) is 5.69 Å². The lowest BCUT2D eigenvalue weighted by Crippen LogP contribution is -2.42. The van der Waals surface area contributed by atoms with Gasteiger partial charge in [-0.3, -0.25) is 14.9 Å². The molecule has 8 nitrogen and oxygen atoms in total. The van der Waals surface area contributed by atoms with Crippen molar-refractivity contribution in [3.05, 3.63) is 82.1 Å². The minimum atomic E-state index is -4.08. The Morgan fingerprint density at radius 3 is 2.61 bits per heavy atom. The number of benzene rings is 2. The van der Waals surface area contributed by atoms with E-state index in [2.05, 4.69) is 4.98 Å². The van der Waals surface area contributed by atoms with E-state index in [1.807, 2.05) is 24.3 Å². The van der Waals surface area contributed by atoms with Crippen LogP contribution in [0.1, 0.15) is 23.8 Å². The van der Waals surface area contributed by atoms with Gasteiger partial charge in [-0.2, -0.15) is 4.31 Å². The van der Waals surface area contributed by atoms with E-state index in [1.54, 1.807) is 19.1 Å². The van der Waals surface area contributed by atoms with E-state index in [0.717, 1.165) is 10.9 Å². The van der Waals surface area contributed by atoms with Gasteiger partial charge in [-0.05, 0) is 37.1 Å². The predicted octanol–water partition coefficient (Wildman–Crippen LogP) is 3.92. The lowest BCUT2D eigenvalue weighted by Gasteiger charge is -2.32. The summed E-state index contributed by atoms with van der Waals surface area (Å²) in [5.74, 6) is -0.540. The molecule has 0 radical (unpaired) electrons. The minimum absolute atomic E-state index is 0.0154. The summed E-state index contributed by atoms with van der Waals surface area (Å²) in [6.07, 6.45) is 2.06. The molecule has 4 rings (SSSR count). The number of carbonyl (C=O) groups excluding carboxylic acids is 1. The van der Waals surface area contributed by atoms with E-state index >= 15 is 0 Å². The molecule has 9 heteroatoms. The third-order valence-electron chi connectivity index (χ3n) is 5.64. The first-order chi connectivity index (χ1) is 14.8. The molecule has 0 unspecified atom stereocenters. The van der Waals surface area contributed by atoms with Crippen molar-refractivity contribution < 1.29 is 18.1 Å². The Kier molecular flexibility index (Phi) is 5.47. The first-order valence-corrected chi connectivity index (χ1v) is 11.3. The van der Waals surface area contributed by atoms with Gasteiger partial charge in [-0.1, -0.05) is 36.4 Å². The van der Waals surface area contributed by atoms with Gasteiger partial charge in [0.2, 0.25) is 10.0 Å². The van der Waals surface area contributed by atoms with Gasteiger partial charge >= 0.3 is 0 Å². The molecule has 0 saturated carbocycles. The van der Waals surface area contributed by atoms with Crippen molar-refractivity contribution in [2.75, 3.05) is 13.1 Å². The van der Waals surface area contributed by atoms with Crippen LogP contribution < -0.4 is 0 Å². The molecule has 1 aliphatic rings. The molecule has 2 heterocycles. The number of nitro groups is 1. The number of Topliss-reactive ketones (excluding diaryl/α,β-unsaturated/α-hetero) is 1. The summed E-state index contributed by atoms with van der Waals surface area (Å²) in [4.78, 5) is 26.6. The molecule has 0 bridgehead atoms. The van der Waals surface area contributed by atoms with Crippen molar-refractivity contribution in [2.24, 2.45) is 5.92 Å². The number of H-pyrrole nitrogens is 1. The maximum Gasteiger partial charge on any atom is 0.289 e. The maximum absolute atomic E-state index is 13.2. The molecule has 0 spiro atoms. The number of carbonyl (C=O) groups is 1. The van der Waals surface area contributed by atoms with E-state index in [0.29, 0.717) is 17.7 Å². The van der Waals surface area contributed by atoms with Crippen LogP contribution in [0.4, 0.5) is 5.69 Å². The van der Waals surface area contributed by atoms with Crippen molar-refractivity contribution in [3.8, 4) is 0 Å². The average molecular weight is 439 g/mol. The topological polar surface area (TPSA) is 113 Å². The number of sulfonamides is 1. The Morgan fingerprint density at radius 1 is 1.19 bits per heavy atom. The number of fused-ring (bicyclic) bond motifs is 1. The highest BCUT2D eigenvalue weighted by Gasteiger charge is 2.38. The highest BCUT2D eigenvalue weighted by molar-refractivity contribution is 7.89. The third kappa shape index (κ3) is 3.77. The zero-order chi connectivity index (χ0) is 22.2. The summed E-state index contributed by atoms with van der Waals surface area (Å²) in [7, 11) is -4.08. The Labute approximate surface area is 179 Å². The molecule has 2 aromatic carbocycles. The summed E-state index contributed by atoms with van der Waals surface area (Å²) in [5.41, 5.74) is 1.57. The number of nitrogens with zero attached hydrogens (tertiary/aromatic N) is 2. The van der Waals surface area contributed by atoms with E-state index < -0.39 is 26.6 Å². The Bertz CT molecular complexity index is 1280. The largest absolute Gasteiger partial charge is 0.352 e. The van der Waals surface area contributed by atoms with Crippen LogP contribution in [0.3, 0.4) is 0 Å². The van der Waals surface area contributed by atoms with Crippen LogP contribution >= 0.6 is 0 Å². The number of nitro benzene ring substituents is 1. The Morgan fingerprint density at radius 2 is 1.90 bits per heavy atom. The normalized spacial score (nSPS) is 19.0. The van der Waals surface area contributed by atoms with Crippen molar-refractivity contribution in [3.63, 3.8) is 0 Å². The van der Waals surface area contributed by atoms with Crippen molar-refractivity contribution in [2.45, 2.75) is 18.2 Å². The lowest BCUT2D eigenvalue weighted by atomic mass is 9.87. The molecule has 31 heavy (non-hydrogen) atoms. The number of hydrogen-bond acceptors (Lipinski definition) is 5. The molecular formula is C22H21N3O5S. The van der Waals surface area contributed by atoms with Gasteiger partial charge in [0, 0.05) is 36.0 Å². The van der Waals surface area contributed by atoms with Crippen molar-refractivity contribution in [1.82, 2.24) is 9.29 Å². The standard InChI is InChI=1S/C22H21N3O5S/c1-2-15-14-24(31(29,30)21-10-6-5-9-20(21)25(27)28)12-11-17(15)22(26)19-13-16-7-3-4-8-18(16)23-19/h2-10,13,17,23H,11-12,14H2,1H3/b15-2-/t17-/m0/s1. The molecule has 1 aliphatic heterocycles. The molecule has 1 atom stereocenters. The monoisotopic (exact) mass is 439 g/mol. The number of aromatic nitrogens is 1. The number of rotatable bonds is 5. The number of piperidine rings is 1. The molecule has 1 aromatic heterocycles. The number of allylic oxidation sites excluding steroid dienone is 1. The number of hydrogen-bond donors (Lipinski definition) is 1. The van der Waals surface area contributed by atoms with E-state index in [1.165, 1.54) is 28.6 Å². The summed E-state index contributed by atoms with van der Waals surface area (Å²) in [6.45, 7) is 1.88. The second kappa shape index (κ2) is 8.09. The quantitative estimate of drug-likeness (QED) is 0.280. The van der Waals surface area contributed by atoms with Crippen molar-refractivity contribution >= 4 is 32.4 Å². The van der Waals surface area contributed by atoms with Gasteiger partial charge in [0.1, 0.15) is 0 Å². The van der Waals surface area contributed by atoms with Gasteiger partial charge < -0.3 is 4.98 Å². The first-order valence-electron chi connectivity index (χ1n) is 9.83. The number of nitrogens with one attached hydrogen (secondary N) is 1. The fourth-order valence-corrected chi connectivity index (χ4v) is 5.61. The smallest absolute Gasteiger partial charge is 0.289 e. The predicted molar refractivity (Wildman–Crippen MR) is 116 cm³/mol. The van der Waals surface area contributed by atoms with Gasteiger partial charge in [0.05, 0.1) is 10.6 Å². The summed E-state index contributed by atoms with van der Waals surface area (Å²) < 4.78 is 27.5. The molecule has 1 fully saturated rings. The Balaban J connectivity index is 1.60. The molecule has 160 valence electrons. The van der Waals surface area contributed by atoms with E-state index in [-0.39, 0.29) is 23.8 Å². The minimum Gasteiger partial charge on any atom is -0.352 e. The molecule has 1 saturated heterocycles. The fraction of sp³-hybridized carbons (Fsp3) is 0.227. The SMILES string of the molecule is C/C=C1/CN(S(=O)(=O)c2ccccc2[N+](=O)[O-])CC[C@@H]1C(=O)c1cc2ccccc2[nH]1. The van der Waals surface area contributed by atoms with Crippen LogP contribution in [0.15, 0.2) is 71.1 Å². The van der Waals surface area contributed by atoms with E-state index in [4.69, 9.17) is 0 Å². The van der Waals surface area contributed by atoms with Crippen LogP contribution in [0, 0.1) is 16.0 Å². The first kappa shape index (κ1) is 21.0. The summed E-state index contributed by atoms with van der Waals surface area (Å²) >= 11 is 0. The van der Waals surface area contributed by atoms with Gasteiger partial charge in [-0.25, -0.2) is 8.42 Å². The third-order valence-corrected chi connectivity index (χ3v) is 7.53. The summed E-state index contributed by atoms with van der Waals surface area (Å²) in [6, 6.07) is 14.7. The second-order valence-corrected chi connectivity index (χ2v) is 9.31.